The van der Waals surface area contributed by atoms with Crippen LogP contribution in [0.25, 0.3) is 0 Å². The first kappa shape index (κ1) is 13.4. The Balaban J connectivity index is 2.39. The van der Waals surface area contributed by atoms with E-state index < -0.39 is 8.07 Å². The van der Waals surface area contributed by atoms with E-state index in [-0.39, 0.29) is 0 Å². The van der Waals surface area contributed by atoms with Gasteiger partial charge >= 0.3 is 0 Å². The molecule has 0 amide bonds. The Labute approximate surface area is 111 Å². The SMILES string of the molecule is CCN1OC(C)=C([Si](C)(C)c2ccccc2)C1C. The maximum atomic E-state index is 5.89. The molecule has 1 unspecified atom stereocenters. The fraction of sp³-hybridized carbons (Fsp3) is 0.467. The lowest BCUT2D eigenvalue weighted by atomic mass is 10.3. The van der Waals surface area contributed by atoms with E-state index in [1.165, 1.54) is 10.4 Å². The maximum Gasteiger partial charge on any atom is 0.118 e. The van der Waals surface area contributed by atoms with Gasteiger partial charge < -0.3 is 4.84 Å². The van der Waals surface area contributed by atoms with E-state index in [1.54, 1.807) is 0 Å². The summed E-state index contributed by atoms with van der Waals surface area (Å²) in [6.07, 6.45) is 0. The third-order valence-electron chi connectivity index (χ3n) is 3.96. The number of hydrogen-bond acceptors (Lipinski definition) is 2. The predicted molar refractivity (Wildman–Crippen MR) is 79.2 cm³/mol. The zero-order chi connectivity index (χ0) is 13.3. The summed E-state index contributed by atoms with van der Waals surface area (Å²) in [5.74, 6) is 1.12. The van der Waals surface area contributed by atoms with Gasteiger partial charge in [-0.1, -0.05) is 48.6 Å². The molecule has 0 bridgehead atoms. The van der Waals surface area contributed by atoms with E-state index >= 15 is 0 Å². The first-order valence-electron chi connectivity index (χ1n) is 6.69. The molecule has 0 spiro atoms. The lowest BCUT2D eigenvalue weighted by molar-refractivity contribution is -0.109. The molecule has 2 rings (SSSR count). The van der Waals surface area contributed by atoms with Gasteiger partial charge in [0.1, 0.15) is 13.8 Å². The van der Waals surface area contributed by atoms with Gasteiger partial charge in [0.25, 0.3) is 0 Å². The molecule has 1 aliphatic heterocycles. The van der Waals surface area contributed by atoms with Crippen LogP contribution in [0.1, 0.15) is 20.8 Å². The van der Waals surface area contributed by atoms with Crippen molar-refractivity contribution in [3.63, 3.8) is 0 Å². The second-order valence-corrected chi connectivity index (χ2v) is 9.83. The van der Waals surface area contributed by atoms with Crippen LogP contribution in [0.3, 0.4) is 0 Å². The number of benzene rings is 1. The van der Waals surface area contributed by atoms with Crippen LogP contribution in [-0.2, 0) is 4.84 Å². The second kappa shape index (κ2) is 4.90. The average Bonchev–Trinajstić information content (AvgIpc) is 2.65. The molecule has 0 N–H and O–H groups in total. The van der Waals surface area contributed by atoms with Crippen molar-refractivity contribution in [3.05, 3.63) is 41.3 Å². The minimum atomic E-state index is -1.62. The minimum absolute atomic E-state index is 0.400. The van der Waals surface area contributed by atoms with E-state index in [0.29, 0.717) is 6.04 Å². The zero-order valence-electron chi connectivity index (χ0n) is 12.0. The summed E-state index contributed by atoms with van der Waals surface area (Å²) < 4.78 is 0. The molecule has 0 saturated heterocycles. The first-order chi connectivity index (χ1) is 8.48. The van der Waals surface area contributed by atoms with Crippen LogP contribution in [0.4, 0.5) is 0 Å². The highest BCUT2D eigenvalue weighted by atomic mass is 28.3. The van der Waals surface area contributed by atoms with Gasteiger partial charge in [0.15, 0.2) is 0 Å². The van der Waals surface area contributed by atoms with Gasteiger partial charge in [-0.15, -0.1) is 5.06 Å². The van der Waals surface area contributed by atoms with E-state index in [2.05, 4.69) is 69.3 Å². The Morgan fingerprint density at radius 1 is 1.22 bits per heavy atom. The molecule has 98 valence electrons. The Bertz CT molecular complexity index is 453. The molecule has 1 heterocycles. The topological polar surface area (TPSA) is 12.5 Å². The number of likely N-dealkylation sites (N-methyl/N-ethyl adjacent to an activating group) is 1. The summed E-state index contributed by atoms with van der Waals surface area (Å²) in [7, 11) is -1.62. The molecule has 1 aromatic carbocycles. The summed E-state index contributed by atoms with van der Waals surface area (Å²) in [6.45, 7) is 12.3. The number of allylic oxidation sites excluding steroid dienone is 1. The van der Waals surface area contributed by atoms with E-state index in [0.717, 1.165) is 12.3 Å². The Morgan fingerprint density at radius 3 is 2.33 bits per heavy atom. The Hall–Kier alpha value is -1.06. The highest BCUT2D eigenvalue weighted by molar-refractivity contribution is 6.96. The lowest BCUT2D eigenvalue weighted by Crippen LogP contribution is -2.48. The molecule has 0 saturated carbocycles. The number of hydroxylamine groups is 2. The lowest BCUT2D eigenvalue weighted by Gasteiger charge is -2.28. The largest absolute Gasteiger partial charge is 0.411 e. The number of rotatable bonds is 3. The smallest absolute Gasteiger partial charge is 0.118 e. The van der Waals surface area contributed by atoms with Crippen LogP contribution in [0.2, 0.25) is 13.1 Å². The van der Waals surface area contributed by atoms with Gasteiger partial charge in [-0.05, 0) is 26.0 Å². The predicted octanol–water partition coefficient (Wildman–Crippen LogP) is 3.07. The van der Waals surface area contributed by atoms with Crippen molar-refractivity contribution in [3.8, 4) is 0 Å². The van der Waals surface area contributed by atoms with Gasteiger partial charge in [0.2, 0.25) is 0 Å². The molecule has 0 fully saturated rings. The monoisotopic (exact) mass is 261 g/mol. The summed E-state index contributed by atoms with van der Waals surface area (Å²) in [5, 5.41) is 5.09. The molecule has 1 aliphatic rings. The third kappa shape index (κ3) is 2.13. The van der Waals surface area contributed by atoms with Gasteiger partial charge in [0.05, 0.1) is 6.04 Å². The summed E-state index contributed by atoms with van der Waals surface area (Å²) in [6, 6.07) is 11.3. The standard InChI is InChI=1S/C15H23NOSi/c1-6-16-12(2)15(13(3)17-16)18(4,5)14-10-8-7-9-11-14/h7-12H,6H2,1-5H3. The van der Waals surface area contributed by atoms with Gasteiger partial charge in [-0.25, -0.2) is 0 Å². The van der Waals surface area contributed by atoms with Crippen molar-refractivity contribution in [2.45, 2.75) is 39.9 Å². The summed E-state index contributed by atoms with van der Waals surface area (Å²) in [4.78, 5) is 5.89. The number of nitrogens with zero attached hydrogens (tertiary/aromatic N) is 1. The molecule has 0 aliphatic carbocycles. The van der Waals surface area contributed by atoms with Crippen LogP contribution < -0.4 is 5.19 Å². The molecule has 3 heteroatoms. The van der Waals surface area contributed by atoms with Crippen LogP contribution in [0, 0.1) is 0 Å². The van der Waals surface area contributed by atoms with Crippen molar-refractivity contribution in [1.82, 2.24) is 5.06 Å². The Kier molecular flexibility index (Phi) is 3.64. The summed E-state index contributed by atoms with van der Waals surface area (Å²) >= 11 is 0. The van der Waals surface area contributed by atoms with Crippen LogP contribution in [0.15, 0.2) is 41.3 Å². The molecule has 1 atom stereocenters. The third-order valence-corrected chi connectivity index (χ3v) is 7.86. The Morgan fingerprint density at radius 2 is 1.83 bits per heavy atom. The maximum absolute atomic E-state index is 5.89. The van der Waals surface area contributed by atoms with Crippen LogP contribution >= 0.6 is 0 Å². The van der Waals surface area contributed by atoms with E-state index in [4.69, 9.17) is 4.84 Å². The fourth-order valence-corrected chi connectivity index (χ4v) is 6.50. The second-order valence-electron chi connectivity index (χ2n) is 5.46. The fourth-order valence-electron chi connectivity index (χ4n) is 3.05. The van der Waals surface area contributed by atoms with Crippen LogP contribution in [-0.4, -0.2) is 25.7 Å². The molecule has 1 aromatic rings. The quantitative estimate of drug-likeness (QED) is 0.775. The zero-order valence-corrected chi connectivity index (χ0v) is 13.0. The van der Waals surface area contributed by atoms with Crippen molar-refractivity contribution in [2.24, 2.45) is 0 Å². The van der Waals surface area contributed by atoms with Crippen molar-refractivity contribution in [1.29, 1.82) is 0 Å². The molecular formula is C15H23NOSi. The van der Waals surface area contributed by atoms with Crippen LogP contribution in [0.5, 0.6) is 0 Å². The van der Waals surface area contributed by atoms with Gasteiger partial charge in [0, 0.05) is 6.54 Å². The molecule has 2 nitrogen and oxygen atoms in total. The summed E-state index contributed by atoms with van der Waals surface area (Å²) in [5.41, 5.74) is 0. The molecule has 18 heavy (non-hydrogen) atoms. The normalized spacial score (nSPS) is 21.3. The highest BCUT2D eigenvalue weighted by Gasteiger charge is 2.40. The van der Waals surface area contributed by atoms with Crippen molar-refractivity contribution in [2.75, 3.05) is 6.54 Å². The van der Waals surface area contributed by atoms with Gasteiger partial charge in [-0.3, -0.25) is 0 Å². The van der Waals surface area contributed by atoms with Crippen molar-refractivity contribution >= 4 is 13.3 Å². The highest BCUT2D eigenvalue weighted by Crippen LogP contribution is 2.32. The van der Waals surface area contributed by atoms with E-state index in [9.17, 15) is 0 Å². The minimum Gasteiger partial charge on any atom is -0.411 e. The number of hydrogen-bond donors (Lipinski definition) is 0. The van der Waals surface area contributed by atoms with Crippen molar-refractivity contribution < 1.29 is 4.84 Å². The average molecular weight is 261 g/mol. The molecule has 0 aromatic heterocycles. The molecule has 0 radical (unpaired) electrons. The van der Waals surface area contributed by atoms with E-state index in [1.807, 2.05) is 0 Å². The molecular weight excluding hydrogens is 238 g/mol. The van der Waals surface area contributed by atoms with Gasteiger partial charge in [-0.2, -0.15) is 0 Å². The first-order valence-corrected chi connectivity index (χ1v) is 9.69.